The summed E-state index contributed by atoms with van der Waals surface area (Å²) in [4.78, 5) is 14.5. The van der Waals surface area contributed by atoms with E-state index < -0.39 is 5.82 Å². The van der Waals surface area contributed by atoms with Crippen molar-refractivity contribution in [2.75, 3.05) is 0 Å². The van der Waals surface area contributed by atoms with Gasteiger partial charge >= 0.3 is 0 Å². The molecule has 0 radical (unpaired) electrons. The van der Waals surface area contributed by atoms with E-state index in [0.717, 1.165) is 23.9 Å². The Balaban J connectivity index is 2.69. The van der Waals surface area contributed by atoms with Gasteiger partial charge in [0.25, 0.3) is 0 Å². The molecule has 0 N–H and O–H groups in total. The van der Waals surface area contributed by atoms with Gasteiger partial charge in [-0.3, -0.25) is 9.78 Å². The van der Waals surface area contributed by atoms with E-state index in [1.165, 1.54) is 6.20 Å². The lowest BCUT2D eigenvalue weighted by atomic mass is 10.3. The Labute approximate surface area is 92.5 Å². The van der Waals surface area contributed by atoms with Crippen LogP contribution in [0.4, 0.5) is 4.39 Å². The summed E-state index contributed by atoms with van der Waals surface area (Å²) in [6.07, 6.45) is 3.46. The maximum Gasteiger partial charge on any atom is 0.165 e. The number of aldehydes is 1. The predicted octanol–water partition coefficient (Wildman–Crippen LogP) is 2.44. The average molecular weight is 218 g/mol. The third-order valence-electron chi connectivity index (χ3n) is 2.59. The standard InChI is InChI=1S/C12H11FN2O/c1-8-5-10(7-16)9(2)15(8)12-3-4-14-6-11(12)13/h3-7H,1-2H3. The first kappa shape index (κ1) is 10.5. The number of hydrogen-bond acceptors (Lipinski definition) is 2. The Bertz CT molecular complexity index is 546. The molecule has 0 unspecified atom stereocenters. The minimum absolute atomic E-state index is 0.401. The van der Waals surface area contributed by atoms with E-state index in [2.05, 4.69) is 4.98 Å². The van der Waals surface area contributed by atoms with Gasteiger partial charge in [-0.15, -0.1) is 0 Å². The van der Waals surface area contributed by atoms with Crippen LogP contribution in [-0.4, -0.2) is 15.8 Å². The van der Waals surface area contributed by atoms with Crippen molar-refractivity contribution in [3.05, 3.63) is 47.3 Å². The molecule has 4 heteroatoms. The van der Waals surface area contributed by atoms with Crippen molar-refractivity contribution in [3.63, 3.8) is 0 Å². The van der Waals surface area contributed by atoms with Gasteiger partial charge in [0, 0.05) is 23.1 Å². The van der Waals surface area contributed by atoms with E-state index in [1.807, 2.05) is 6.92 Å². The zero-order valence-electron chi connectivity index (χ0n) is 9.07. The molecule has 0 bridgehead atoms. The molecular formula is C12H11FN2O. The first-order chi connectivity index (χ1) is 7.65. The molecule has 0 saturated carbocycles. The highest BCUT2D eigenvalue weighted by Crippen LogP contribution is 2.20. The second kappa shape index (κ2) is 3.89. The highest BCUT2D eigenvalue weighted by molar-refractivity contribution is 5.77. The van der Waals surface area contributed by atoms with E-state index in [-0.39, 0.29) is 0 Å². The zero-order chi connectivity index (χ0) is 11.7. The lowest BCUT2D eigenvalue weighted by molar-refractivity contribution is 0.112. The topological polar surface area (TPSA) is 34.9 Å². The number of rotatable bonds is 2. The molecule has 82 valence electrons. The Kier molecular flexibility index (Phi) is 2.56. The molecule has 0 aromatic carbocycles. The molecule has 2 aromatic rings. The fourth-order valence-corrected chi connectivity index (χ4v) is 1.83. The molecule has 0 aliphatic heterocycles. The van der Waals surface area contributed by atoms with Crippen LogP contribution in [0.25, 0.3) is 5.69 Å². The summed E-state index contributed by atoms with van der Waals surface area (Å²) in [5.41, 5.74) is 2.55. The predicted molar refractivity (Wildman–Crippen MR) is 58.4 cm³/mol. The van der Waals surface area contributed by atoms with Crippen LogP contribution < -0.4 is 0 Å². The van der Waals surface area contributed by atoms with E-state index in [4.69, 9.17) is 0 Å². The Morgan fingerprint density at radius 3 is 2.75 bits per heavy atom. The summed E-state index contributed by atoms with van der Waals surface area (Å²) in [7, 11) is 0. The van der Waals surface area contributed by atoms with Crippen molar-refractivity contribution in [2.45, 2.75) is 13.8 Å². The lowest BCUT2D eigenvalue weighted by Gasteiger charge is -2.09. The maximum absolute atomic E-state index is 13.6. The molecule has 2 aromatic heterocycles. The number of nitrogens with zero attached hydrogens (tertiary/aromatic N) is 2. The first-order valence-corrected chi connectivity index (χ1v) is 4.89. The van der Waals surface area contributed by atoms with Crippen LogP contribution in [0, 0.1) is 19.7 Å². The summed E-state index contributed by atoms with van der Waals surface area (Å²) in [6, 6.07) is 3.33. The van der Waals surface area contributed by atoms with Crippen molar-refractivity contribution in [1.29, 1.82) is 0 Å². The molecule has 3 nitrogen and oxygen atoms in total. The van der Waals surface area contributed by atoms with Crippen LogP contribution in [0.15, 0.2) is 24.5 Å². The molecule has 0 atom stereocenters. The van der Waals surface area contributed by atoms with Crippen molar-refractivity contribution >= 4 is 6.29 Å². The number of pyridine rings is 1. The molecule has 0 aliphatic rings. The van der Waals surface area contributed by atoms with Crippen molar-refractivity contribution in [3.8, 4) is 5.69 Å². The number of aryl methyl sites for hydroxylation is 1. The van der Waals surface area contributed by atoms with Crippen LogP contribution in [0.2, 0.25) is 0 Å². The molecule has 2 rings (SSSR count). The Morgan fingerprint density at radius 1 is 1.44 bits per heavy atom. The molecule has 0 spiro atoms. The van der Waals surface area contributed by atoms with Crippen LogP contribution in [0.3, 0.4) is 0 Å². The van der Waals surface area contributed by atoms with Gasteiger partial charge < -0.3 is 4.57 Å². The SMILES string of the molecule is Cc1cc(C=O)c(C)n1-c1ccncc1F. The number of hydrogen-bond donors (Lipinski definition) is 0. The number of carbonyl (C=O) groups excluding carboxylic acids is 1. The summed E-state index contributed by atoms with van der Waals surface area (Å²) >= 11 is 0. The second-order valence-electron chi connectivity index (χ2n) is 3.61. The maximum atomic E-state index is 13.6. The second-order valence-corrected chi connectivity index (χ2v) is 3.61. The number of carbonyl (C=O) groups is 1. The zero-order valence-corrected chi connectivity index (χ0v) is 9.07. The van der Waals surface area contributed by atoms with Gasteiger partial charge in [0.05, 0.1) is 11.9 Å². The molecule has 0 fully saturated rings. The van der Waals surface area contributed by atoms with Gasteiger partial charge in [-0.25, -0.2) is 4.39 Å². The van der Waals surface area contributed by atoms with Gasteiger partial charge in [-0.2, -0.15) is 0 Å². The smallest absolute Gasteiger partial charge is 0.165 e. The van der Waals surface area contributed by atoms with E-state index >= 15 is 0 Å². The minimum Gasteiger partial charge on any atom is -0.315 e. The molecule has 2 heterocycles. The van der Waals surface area contributed by atoms with Gasteiger partial charge in [-0.05, 0) is 26.0 Å². The van der Waals surface area contributed by atoms with Gasteiger partial charge in [0.1, 0.15) is 0 Å². The Hall–Kier alpha value is -1.97. The van der Waals surface area contributed by atoms with Gasteiger partial charge in [0.15, 0.2) is 12.1 Å². The highest BCUT2D eigenvalue weighted by atomic mass is 19.1. The van der Waals surface area contributed by atoms with Crippen molar-refractivity contribution in [1.82, 2.24) is 9.55 Å². The van der Waals surface area contributed by atoms with E-state index in [1.54, 1.807) is 23.6 Å². The molecule has 0 amide bonds. The molecule has 0 aliphatic carbocycles. The molecule has 0 saturated heterocycles. The average Bonchev–Trinajstić information content (AvgIpc) is 2.55. The largest absolute Gasteiger partial charge is 0.315 e. The third kappa shape index (κ3) is 1.52. The van der Waals surface area contributed by atoms with Crippen LogP contribution in [0.1, 0.15) is 21.7 Å². The molecular weight excluding hydrogens is 207 g/mol. The third-order valence-corrected chi connectivity index (χ3v) is 2.59. The first-order valence-electron chi connectivity index (χ1n) is 4.89. The fraction of sp³-hybridized carbons (Fsp3) is 0.167. The minimum atomic E-state index is -0.401. The summed E-state index contributed by atoms with van der Waals surface area (Å²) in [6.45, 7) is 3.62. The number of halogens is 1. The monoisotopic (exact) mass is 218 g/mol. The van der Waals surface area contributed by atoms with Crippen LogP contribution in [-0.2, 0) is 0 Å². The normalized spacial score (nSPS) is 10.4. The Morgan fingerprint density at radius 2 is 2.19 bits per heavy atom. The van der Waals surface area contributed by atoms with Crippen LogP contribution >= 0.6 is 0 Å². The van der Waals surface area contributed by atoms with E-state index in [9.17, 15) is 9.18 Å². The summed E-state index contributed by atoms with van der Waals surface area (Å²) in [5.74, 6) is -0.401. The fourth-order valence-electron chi connectivity index (χ4n) is 1.83. The van der Waals surface area contributed by atoms with Crippen LogP contribution in [0.5, 0.6) is 0 Å². The van der Waals surface area contributed by atoms with Crippen molar-refractivity contribution in [2.24, 2.45) is 0 Å². The van der Waals surface area contributed by atoms with E-state index in [0.29, 0.717) is 11.3 Å². The quantitative estimate of drug-likeness (QED) is 0.725. The summed E-state index contributed by atoms with van der Waals surface area (Å²) in [5, 5.41) is 0. The van der Waals surface area contributed by atoms with Gasteiger partial charge in [0.2, 0.25) is 0 Å². The van der Waals surface area contributed by atoms with Gasteiger partial charge in [-0.1, -0.05) is 0 Å². The highest BCUT2D eigenvalue weighted by Gasteiger charge is 2.12. The van der Waals surface area contributed by atoms with Crippen molar-refractivity contribution < 1.29 is 9.18 Å². The molecule has 16 heavy (non-hydrogen) atoms. The lowest BCUT2D eigenvalue weighted by Crippen LogP contribution is -2.02. The number of aromatic nitrogens is 2. The summed E-state index contributed by atoms with van der Waals surface area (Å²) < 4.78 is 15.3.